The lowest BCUT2D eigenvalue weighted by Crippen LogP contribution is -2.64. The third-order valence-electron chi connectivity index (χ3n) is 10.7. The second kappa shape index (κ2) is 38.7. The van der Waals surface area contributed by atoms with E-state index in [0.717, 1.165) is 82.4 Å². The minimum atomic E-state index is -5.51. The van der Waals surface area contributed by atoms with Crippen LogP contribution in [-0.4, -0.2) is 142 Å². The molecule has 1 saturated carbocycles. The molecule has 1 aliphatic rings. The first kappa shape index (κ1) is 66.2. The van der Waals surface area contributed by atoms with Crippen molar-refractivity contribution in [2.45, 2.75) is 190 Å². The number of carbonyl (C=O) groups excluding carboxylic acids is 2. The van der Waals surface area contributed by atoms with Crippen LogP contribution in [0.1, 0.15) is 129 Å². The molecule has 11 atom stereocenters. The van der Waals surface area contributed by atoms with Crippen molar-refractivity contribution in [3.8, 4) is 0 Å². The molecule has 408 valence electrons. The molecule has 0 aromatic heterocycles. The van der Waals surface area contributed by atoms with Crippen molar-refractivity contribution in [1.82, 2.24) is 0 Å². The number of ether oxygens (including phenoxy) is 2. The molecule has 1 rings (SSSR count). The first-order valence-corrected chi connectivity index (χ1v) is 28.5. The molecule has 71 heavy (non-hydrogen) atoms. The second-order valence-electron chi connectivity index (χ2n) is 17.0. The molecule has 1 aliphatic carbocycles. The Labute approximate surface area is 423 Å². The van der Waals surface area contributed by atoms with Gasteiger partial charge in [0, 0.05) is 23.8 Å². The van der Waals surface area contributed by atoms with E-state index in [9.17, 15) is 63.7 Å². The number of rotatable bonds is 40. The van der Waals surface area contributed by atoms with E-state index in [0.29, 0.717) is 12.8 Å². The fraction of sp³-hybridized carbons (Fsp3) is 0.688. The number of aliphatic hydroxyl groups is 5. The molecule has 0 spiro atoms. The Morgan fingerprint density at radius 1 is 0.662 bits per heavy atom. The smallest absolute Gasteiger partial charge is 0.472 e. The Balaban J connectivity index is 3.04. The van der Waals surface area contributed by atoms with Crippen LogP contribution in [0, 0.1) is 0 Å². The number of nitrogens with two attached hydrogens (primary N) is 1. The predicted molar refractivity (Wildman–Crippen MR) is 270 cm³/mol. The lowest BCUT2D eigenvalue weighted by Gasteiger charge is -2.43. The number of hydrogen-bond donors (Lipinski definition) is 10. The van der Waals surface area contributed by atoms with Gasteiger partial charge in [-0.3, -0.25) is 28.0 Å². The van der Waals surface area contributed by atoms with Gasteiger partial charge in [-0.05, 0) is 64.2 Å². The summed E-state index contributed by atoms with van der Waals surface area (Å²) in [5.41, 5.74) is 6.17. The molecule has 0 bridgehead atoms. The first-order chi connectivity index (χ1) is 33.7. The van der Waals surface area contributed by atoms with Crippen LogP contribution in [0.25, 0.3) is 0 Å². The standard InChI is InChI=1S/C48H81NO19P2S/c1-3-5-7-9-11-13-15-17-19-21-23-25-27-32-41(53)66-36(34-65-70(62,63)68-47-45(57)43(55)42(54)44(56)46(47)67-69(59,60)61)33-64-48(58)37(49)35-71-39(38(50)29-28-31-40(51)52)30-26-24-22-20-18-16-14-12-10-8-6-4-2/h7,9,12-15,18,20,22,24,26,30,36-39,42-47,50,54-57H,3-6,8,10-11,16-17,19,21,23,25,27-29,31-35,49H2,1-2H3,(H,51,52)(H,62,63)(H2,59,60,61)/b9-7-,14-12-,15-13-,20-18-,24-22+,30-26+/t36-,37+,38+,39-,42+,43+,44-,45-,46-,47+/m1/s1. The second-order valence-corrected chi connectivity index (χ2v) is 20.8. The molecule has 23 heteroatoms. The summed E-state index contributed by atoms with van der Waals surface area (Å²) in [6.07, 6.45) is 20.4. The molecule has 0 aromatic carbocycles. The molecule has 0 amide bonds. The van der Waals surface area contributed by atoms with Crippen molar-refractivity contribution < 1.29 is 91.9 Å². The maximum Gasteiger partial charge on any atom is 0.472 e. The van der Waals surface area contributed by atoms with Crippen LogP contribution in [0.5, 0.6) is 0 Å². The Hall–Kier alpha value is -2.82. The summed E-state index contributed by atoms with van der Waals surface area (Å²) >= 11 is 1.10. The molecule has 20 nitrogen and oxygen atoms in total. The summed E-state index contributed by atoms with van der Waals surface area (Å²) in [6, 6.07) is -1.31. The molecule has 0 aliphatic heterocycles. The SMILES string of the molecule is CCC/C=C\C/C=C\CCCCCCCC(=O)O[C@H](COC(=O)[C@@H](N)CS[C@H](/C=C/C=C/C=C\C/C=C\CCCCC)[C@@H](O)CCCC(=O)O)COP(=O)(O)O[C@H]1[C@H](O)[C@@H](O)[C@H](O)[C@@H](O)[C@H]1OP(=O)(O)O. The van der Waals surface area contributed by atoms with E-state index in [1.54, 1.807) is 18.2 Å². The number of phosphoric acid groups is 2. The van der Waals surface area contributed by atoms with E-state index in [4.69, 9.17) is 29.4 Å². The van der Waals surface area contributed by atoms with Crippen molar-refractivity contribution in [2.75, 3.05) is 19.0 Å². The van der Waals surface area contributed by atoms with Crippen molar-refractivity contribution >= 4 is 45.3 Å². The van der Waals surface area contributed by atoms with Gasteiger partial charge in [0.05, 0.1) is 12.7 Å². The summed E-state index contributed by atoms with van der Waals surface area (Å²) < 4.78 is 49.8. The summed E-state index contributed by atoms with van der Waals surface area (Å²) in [4.78, 5) is 66.5. The zero-order valence-electron chi connectivity index (χ0n) is 41.0. The van der Waals surface area contributed by atoms with Crippen LogP contribution < -0.4 is 5.73 Å². The van der Waals surface area contributed by atoms with E-state index in [-0.39, 0.29) is 31.4 Å². The van der Waals surface area contributed by atoms with Gasteiger partial charge in [-0.25, -0.2) is 9.13 Å². The lowest BCUT2D eigenvalue weighted by atomic mass is 9.85. The Morgan fingerprint density at radius 3 is 1.86 bits per heavy atom. The minimum Gasteiger partial charge on any atom is -0.481 e. The van der Waals surface area contributed by atoms with E-state index in [1.807, 2.05) is 18.2 Å². The quantitative estimate of drug-likeness (QED) is 0.0108. The maximum absolute atomic E-state index is 13.2. The highest BCUT2D eigenvalue weighted by Crippen LogP contribution is 2.50. The van der Waals surface area contributed by atoms with E-state index < -0.39 is 107 Å². The monoisotopic (exact) mass is 1070 g/mol. The number of aliphatic carboxylic acids is 1. The van der Waals surface area contributed by atoms with Crippen molar-refractivity contribution in [3.05, 3.63) is 72.9 Å². The number of allylic oxidation sites excluding steroid dienone is 11. The van der Waals surface area contributed by atoms with Gasteiger partial charge in [-0.1, -0.05) is 125 Å². The van der Waals surface area contributed by atoms with Crippen LogP contribution in [0.3, 0.4) is 0 Å². The summed E-state index contributed by atoms with van der Waals surface area (Å²) in [7, 11) is -11.0. The summed E-state index contributed by atoms with van der Waals surface area (Å²) in [6.45, 7) is 2.51. The van der Waals surface area contributed by atoms with Crippen LogP contribution in [0.2, 0.25) is 0 Å². The van der Waals surface area contributed by atoms with Crippen molar-refractivity contribution in [2.24, 2.45) is 5.73 Å². The van der Waals surface area contributed by atoms with Crippen LogP contribution in [0.4, 0.5) is 0 Å². The number of unbranched alkanes of at least 4 members (excludes halogenated alkanes) is 9. The zero-order valence-corrected chi connectivity index (χ0v) is 43.6. The third kappa shape index (κ3) is 32.2. The summed E-state index contributed by atoms with van der Waals surface area (Å²) in [5, 5.41) is 60.5. The molecule has 0 aromatic rings. The molecule has 0 radical (unpaired) electrons. The van der Waals surface area contributed by atoms with Gasteiger partial charge in [0.15, 0.2) is 6.10 Å². The highest BCUT2D eigenvalue weighted by atomic mass is 32.2. The van der Waals surface area contributed by atoms with Crippen LogP contribution >= 0.6 is 27.4 Å². The molecule has 11 N–H and O–H groups in total. The molecular weight excluding hydrogens is 989 g/mol. The largest absolute Gasteiger partial charge is 0.481 e. The minimum absolute atomic E-state index is 0.0860. The zero-order chi connectivity index (χ0) is 53.1. The Kier molecular flexibility index (Phi) is 36.1. The summed E-state index contributed by atoms with van der Waals surface area (Å²) in [5.74, 6) is -2.90. The maximum atomic E-state index is 13.2. The first-order valence-electron chi connectivity index (χ1n) is 24.4. The highest BCUT2D eigenvalue weighted by Gasteiger charge is 2.54. The van der Waals surface area contributed by atoms with Crippen molar-refractivity contribution in [1.29, 1.82) is 0 Å². The average Bonchev–Trinajstić information content (AvgIpc) is 3.31. The number of hydrogen-bond acceptors (Lipinski definition) is 17. The van der Waals surface area contributed by atoms with Gasteiger partial charge >= 0.3 is 33.6 Å². The average molecular weight is 1070 g/mol. The Morgan fingerprint density at radius 2 is 1.24 bits per heavy atom. The van der Waals surface area contributed by atoms with E-state index in [2.05, 4.69) is 54.8 Å². The molecular formula is C48H81NO19P2S. The van der Waals surface area contributed by atoms with Gasteiger partial charge < -0.3 is 60.5 Å². The number of phosphoric ester groups is 2. The fourth-order valence-corrected chi connectivity index (χ4v) is 9.45. The molecule has 1 fully saturated rings. The van der Waals surface area contributed by atoms with Gasteiger partial charge in [-0.2, -0.15) is 0 Å². The topological polar surface area (TPSA) is 340 Å². The van der Waals surface area contributed by atoms with E-state index in [1.165, 1.54) is 6.42 Å². The van der Waals surface area contributed by atoms with Crippen molar-refractivity contribution in [3.63, 3.8) is 0 Å². The van der Waals surface area contributed by atoms with Crippen LogP contribution in [-0.2, 0) is 46.6 Å². The number of carbonyl (C=O) groups is 3. The fourth-order valence-electron chi connectivity index (χ4n) is 6.79. The number of carboxylic acids is 1. The Bertz CT molecular complexity index is 1770. The molecule has 0 heterocycles. The predicted octanol–water partition coefficient (Wildman–Crippen LogP) is 6.15. The van der Waals surface area contributed by atoms with E-state index >= 15 is 0 Å². The normalized spacial score (nSPS) is 22.7. The van der Waals surface area contributed by atoms with Gasteiger partial charge in [0.2, 0.25) is 0 Å². The number of carboxylic acid groups (broad SMARTS) is 1. The molecule has 0 saturated heterocycles. The van der Waals surface area contributed by atoms with Crippen LogP contribution in [0.15, 0.2) is 72.9 Å². The number of aliphatic hydroxyl groups excluding tert-OH is 5. The van der Waals surface area contributed by atoms with Gasteiger partial charge in [0.1, 0.15) is 49.3 Å². The highest BCUT2D eigenvalue weighted by molar-refractivity contribution is 8.00. The number of thioether (sulfide) groups is 1. The number of esters is 2. The van der Waals surface area contributed by atoms with Gasteiger partial charge in [0.25, 0.3) is 0 Å². The molecule has 1 unspecified atom stereocenters. The lowest BCUT2D eigenvalue weighted by molar-refractivity contribution is -0.216. The van der Waals surface area contributed by atoms with Gasteiger partial charge in [-0.15, -0.1) is 11.8 Å². The third-order valence-corrected chi connectivity index (χ3v) is 13.6.